The minimum Gasteiger partial charge on any atom is -0.340 e. The second kappa shape index (κ2) is 7.65. The number of nitrogens with zero attached hydrogens (tertiary/aromatic N) is 3. The summed E-state index contributed by atoms with van der Waals surface area (Å²) in [7, 11) is 1.91. The summed E-state index contributed by atoms with van der Waals surface area (Å²) in [6.45, 7) is 10.2. The quantitative estimate of drug-likeness (QED) is 0.797. The topological polar surface area (TPSA) is 38.1 Å². The SMILES string of the molecule is Cc1ccc(-c2nc3n(c2CN(C)C(=O)CC(C)C)CC(C)CC3)cc1. The van der Waals surface area contributed by atoms with Crippen molar-refractivity contribution in [2.75, 3.05) is 7.05 Å². The molecule has 2 aromatic rings. The third kappa shape index (κ3) is 4.00. The fourth-order valence-corrected chi connectivity index (χ4v) is 3.64. The highest BCUT2D eigenvalue weighted by Crippen LogP contribution is 2.30. The van der Waals surface area contributed by atoms with Crippen molar-refractivity contribution >= 4 is 5.91 Å². The van der Waals surface area contributed by atoms with Crippen LogP contribution in [0.2, 0.25) is 0 Å². The molecule has 1 unspecified atom stereocenters. The van der Waals surface area contributed by atoms with Crippen molar-refractivity contribution in [1.82, 2.24) is 14.5 Å². The van der Waals surface area contributed by atoms with Crippen molar-refractivity contribution in [3.63, 3.8) is 0 Å². The minimum atomic E-state index is 0.203. The standard InChI is InChI=1S/C22H31N3O/c1-15(2)12-21(26)24(5)14-19-22(18-9-6-16(3)7-10-18)23-20-11-8-17(4)13-25(19)20/h6-7,9-10,15,17H,8,11-14H2,1-5H3. The van der Waals surface area contributed by atoms with Gasteiger partial charge in [0.05, 0.1) is 17.9 Å². The Morgan fingerprint density at radius 3 is 2.65 bits per heavy atom. The van der Waals surface area contributed by atoms with Crippen LogP contribution in [0.25, 0.3) is 11.3 Å². The first-order valence-corrected chi connectivity index (χ1v) is 9.74. The van der Waals surface area contributed by atoms with Crippen LogP contribution < -0.4 is 0 Å². The van der Waals surface area contributed by atoms with E-state index in [0.29, 0.717) is 24.8 Å². The van der Waals surface area contributed by atoms with E-state index in [1.54, 1.807) is 0 Å². The lowest BCUT2D eigenvalue weighted by molar-refractivity contribution is -0.131. The fraction of sp³-hybridized carbons (Fsp3) is 0.545. The van der Waals surface area contributed by atoms with E-state index < -0.39 is 0 Å². The largest absolute Gasteiger partial charge is 0.340 e. The molecule has 0 saturated carbocycles. The highest BCUT2D eigenvalue weighted by molar-refractivity contribution is 5.76. The van der Waals surface area contributed by atoms with Crippen molar-refractivity contribution < 1.29 is 4.79 Å². The molecule has 0 N–H and O–H groups in total. The Morgan fingerprint density at radius 2 is 2.00 bits per heavy atom. The second-order valence-electron chi connectivity index (χ2n) is 8.29. The van der Waals surface area contributed by atoms with Crippen LogP contribution in [-0.4, -0.2) is 27.4 Å². The first-order valence-electron chi connectivity index (χ1n) is 9.74. The maximum Gasteiger partial charge on any atom is 0.222 e. The zero-order valence-electron chi connectivity index (χ0n) is 16.7. The molecule has 0 saturated heterocycles. The van der Waals surface area contributed by atoms with Crippen molar-refractivity contribution in [2.45, 2.75) is 60.0 Å². The third-order valence-electron chi connectivity index (χ3n) is 5.23. The number of carbonyl (C=O) groups excluding carboxylic acids is 1. The van der Waals surface area contributed by atoms with E-state index in [1.807, 2.05) is 11.9 Å². The Kier molecular flexibility index (Phi) is 5.49. The Bertz CT molecular complexity index is 773. The molecule has 0 fully saturated rings. The number of hydrogen-bond donors (Lipinski definition) is 0. The summed E-state index contributed by atoms with van der Waals surface area (Å²) in [6.07, 6.45) is 2.79. The van der Waals surface area contributed by atoms with Gasteiger partial charge in [0.15, 0.2) is 0 Å². The third-order valence-corrected chi connectivity index (χ3v) is 5.23. The van der Waals surface area contributed by atoms with Gasteiger partial charge in [0.25, 0.3) is 0 Å². The number of amides is 1. The highest BCUT2D eigenvalue weighted by Gasteiger charge is 2.25. The lowest BCUT2D eigenvalue weighted by atomic mass is 10.0. The number of benzene rings is 1. The Balaban J connectivity index is 1.97. The van der Waals surface area contributed by atoms with Crippen LogP contribution in [0.4, 0.5) is 0 Å². The van der Waals surface area contributed by atoms with E-state index in [0.717, 1.165) is 24.2 Å². The molecule has 1 amide bonds. The summed E-state index contributed by atoms with van der Waals surface area (Å²) in [6, 6.07) is 8.56. The second-order valence-corrected chi connectivity index (χ2v) is 8.29. The zero-order chi connectivity index (χ0) is 18.8. The Hall–Kier alpha value is -2.10. The van der Waals surface area contributed by atoms with Crippen LogP contribution >= 0.6 is 0 Å². The zero-order valence-corrected chi connectivity index (χ0v) is 16.7. The number of fused-ring (bicyclic) bond motifs is 1. The number of hydrogen-bond acceptors (Lipinski definition) is 2. The van der Waals surface area contributed by atoms with Gasteiger partial charge in [0, 0.05) is 32.0 Å². The summed E-state index contributed by atoms with van der Waals surface area (Å²) in [4.78, 5) is 19.3. The van der Waals surface area contributed by atoms with Gasteiger partial charge < -0.3 is 9.47 Å². The summed E-state index contributed by atoms with van der Waals surface area (Å²) >= 11 is 0. The van der Waals surface area contributed by atoms with Gasteiger partial charge in [-0.2, -0.15) is 0 Å². The average Bonchev–Trinajstić information content (AvgIpc) is 2.93. The van der Waals surface area contributed by atoms with Crippen LogP contribution in [0.5, 0.6) is 0 Å². The molecule has 1 aliphatic heterocycles. The van der Waals surface area contributed by atoms with Gasteiger partial charge in [0.1, 0.15) is 5.82 Å². The van der Waals surface area contributed by atoms with E-state index in [1.165, 1.54) is 23.5 Å². The number of imidazole rings is 1. The molecule has 140 valence electrons. The van der Waals surface area contributed by atoms with Crippen LogP contribution in [-0.2, 0) is 24.3 Å². The molecule has 0 bridgehead atoms. The summed E-state index contributed by atoms with van der Waals surface area (Å²) in [5.41, 5.74) is 4.61. The van der Waals surface area contributed by atoms with E-state index in [-0.39, 0.29) is 5.91 Å². The predicted octanol–water partition coefficient (Wildman–Crippen LogP) is 4.45. The number of aryl methyl sites for hydroxylation is 2. The molecule has 1 aromatic carbocycles. The van der Waals surface area contributed by atoms with E-state index in [2.05, 4.69) is 56.5 Å². The first kappa shape index (κ1) is 18.7. The first-order chi connectivity index (χ1) is 12.3. The fourth-order valence-electron chi connectivity index (χ4n) is 3.64. The van der Waals surface area contributed by atoms with Gasteiger partial charge in [-0.15, -0.1) is 0 Å². The predicted molar refractivity (Wildman–Crippen MR) is 106 cm³/mol. The molecule has 4 nitrogen and oxygen atoms in total. The molecule has 0 radical (unpaired) electrons. The van der Waals surface area contributed by atoms with Crippen molar-refractivity contribution in [2.24, 2.45) is 11.8 Å². The van der Waals surface area contributed by atoms with Crippen molar-refractivity contribution in [1.29, 1.82) is 0 Å². The average molecular weight is 354 g/mol. The normalized spacial score (nSPS) is 16.6. The van der Waals surface area contributed by atoms with Crippen LogP contribution in [0.1, 0.15) is 50.7 Å². The molecule has 3 rings (SSSR count). The smallest absolute Gasteiger partial charge is 0.222 e. The highest BCUT2D eigenvalue weighted by atomic mass is 16.2. The van der Waals surface area contributed by atoms with Crippen molar-refractivity contribution in [3.8, 4) is 11.3 Å². The molecule has 0 aliphatic carbocycles. The molecule has 2 heterocycles. The molecular weight excluding hydrogens is 322 g/mol. The lowest BCUT2D eigenvalue weighted by Gasteiger charge is -2.25. The van der Waals surface area contributed by atoms with Crippen LogP contribution in [0, 0.1) is 18.8 Å². The van der Waals surface area contributed by atoms with Gasteiger partial charge >= 0.3 is 0 Å². The Morgan fingerprint density at radius 1 is 1.31 bits per heavy atom. The molecule has 4 heteroatoms. The summed E-state index contributed by atoms with van der Waals surface area (Å²) in [5, 5.41) is 0. The van der Waals surface area contributed by atoms with Gasteiger partial charge in [-0.25, -0.2) is 4.98 Å². The van der Waals surface area contributed by atoms with Gasteiger partial charge in [-0.1, -0.05) is 50.6 Å². The number of rotatable bonds is 5. The summed E-state index contributed by atoms with van der Waals surface area (Å²) in [5.74, 6) is 2.39. The number of carbonyl (C=O) groups is 1. The van der Waals surface area contributed by atoms with Crippen LogP contribution in [0.3, 0.4) is 0 Å². The maximum atomic E-state index is 12.5. The van der Waals surface area contributed by atoms with E-state index in [4.69, 9.17) is 4.98 Å². The monoisotopic (exact) mass is 353 g/mol. The molecule has 1 aromatic heterocycles. The molecule has 26 heavy (non-hydrogen) atoms. The number of aromatic nitrogens is 2. The molecular formula is C22H31N3O. The molecule has 1 atom stereocenters. The Labute approximate surface area is 157 Å². The molecule has 0 spiro atoms. The van der Waals surface area contributed by atoms with E-state index >= 15 is 0 Å². The van der Waals surface area contributed by atoms with Gasteiger partial charge in [-0.3, -0.25) is 4.79 Å². The lowest BCUT2D eigenvalue weighted by Crippen LogP contribution is -2.29. The maximum absolute atomic E-state index is 12.5. The van der Waals surface area contributed by atoms with E-state index in [9.17, 15) is 4.79 Å². The van der Waals surface area contributed by atoms with Gasteiger partial charge in [-0.05, 0) is 25.2 Å². The summed E-state index contributed by atoms with van der Waals surface area (Å²) < 4.78 is 2.36. The van der Waals surface area contributed by atoms with Crippen molar-refractivity contribution in [3.05, 3.63) is 41.3 Å². The van der Waals surface area contributed by atoms with Crippen LogP contribution in [0.15, 0.2) is 24.3 Å². The molecule has 1 aliphatic rings. The minimum absolute atomic E-state index is 0.203. The van der Waals surface area contributed by atoms with Gasteiger partial charge in [0.2, 0.25) is 5.91 Å².